The quantitative estimate of drug-likeness (QED) is 0.834. The van der Waals surface area contributed by atoms with E-state index in [1.54, 1.807) is 5.56 Å². The largest absolute Gasteiger partial charge is 0.316 e. The minimum Gasteiger partial charge on any atom is -0.316 e. The molecule has 1 aromatic rings. The summed E-state index contributed by atoms with van der Waals surface area (Å²) in [6.45, 7) is 11.4. The number of hydrogen-bond donors (Lipinski definition) is 1. The van der Waals surface area contributed by atoms with Crippen LogP contribution in [0, 0.1) is 12.3 Å². The number of aryl methyl sites for hydroxylation is 1. The lowest BCUT2D eigenvalue weighted by atomic mass is 9.51. The van der Waals surface area contributed by atoms with Crippen LogP contribution in [0.25, 0.3) is 0 Å². The third kappa shape index (κ3) is 2.40. The topological polar surface area (TPSA) is 12.0 Å². The fourth-order valence-corrected chi connectivity index (χ4v) is 3.72. The van der Waals surface area contributed by atoms with Crippen LogP contribution in [-0.4, -0.2) is 13.1 Å². The number of nitrogens with one attached hydrogen (secondary N) is 1. The molecule has 1 saturated carbocycles. The fraction of sp³-hybridized carbons (Fsp3) is 0.625. The summed E-state index contributed by atoms with van der Waals surface area (Å²) >= 11 is 0. The lowest BCUT2D eigenvalue weighted by Gasteiger charge is -2.54. The molecule has 0 aromatic heterocycles. The van der Waals surface area contributed by atoms with Gasteiger partial charge in [-0.3, -0.25) is 0 Å². The van der Waals surface area contributed by atoms with Crippen LogP contribution in [0.2, 0.25) is 0 Å². The van der Waals surface area contributed by atoms with Crippen molar-refractivity contribution in [3.05, 3.63) is 35.4 Å². The first-order valence-electron chi connectivity index (χ1n) is 6.76. The van der Waals surface area contributed by atoms with Crippen molar-refractivity contribution in [3.63, 3.8) is 0 Å². The Morgan fingerprint density at radius 2 is 1.82 bits per heavy atom. The van der Waals surface area contributed by atoms with Gasteiger partial charge in [-0.1, -0.05) is 45.0 Å². The molecule has 1 heteroatoms. The molecule has 1 N–H and O–H groups in total. The fourth-order valence-electron chi connectivity index (χ4n) is 3.72. The SMILES string of the molecule is CCNCC1(c2ccccc2C)CC(C)(C)C1. The minimum absolute atomic E-state index is 0.380. The molecule has 17 heavy (non-hydrogen) atoms. The van der Waals surface area contributed by atoms with Gasteiger partial charge in [0.1, 0.15) is 0 Å². The zero-order valence-electron chi connectivity index (χ0n) is 11.6. The second-order valence-electron chi connectivity index (χ2n) is 6.39. The highest BCUT2D eigenvalue weighted by Gasteiger charge is 2.50. The number of rotatable bonds is 4. The van der Waals surface area contributed by atoms with E-state index in [1.165, 1.54) is 18.4 Å². The van der Waals surface area contributed by atoms with Crippen LogP contribution in [0.15, 0.2) is 24.3 Å². The van der Waals surface area contributed by atoms with Crippen LogP contribution in [0.1, 0.15) is 44.7 Å². The summed E-state index contributed by atoms with van der Waals surface area (Å²) in [5, 5.41) is 3.55. The Hall–Kier alpha value is -0.820. The van der Waals surface area contributed by atoms with Crippen molar-refractivity contribution in [2.24, 2.45) is 5.41 Å². The summed E-state index contributed by atoms with van der Waals surface area (Å²) in [6, 6.07) is 8.89. The van der Waals surface area contributed by atoms with Crippen LogP contribution in [0.3, 0.4) is 0 Å². The summed E-state index contributed by atoms with van der Waals surface area (Å²) in [7, 11) is 0. The van der Waals surface area contributed by atoms with E-state index in [2.05, 4.69) is 57.3 Å². The van der Waals surface area contributed by atoms with Crippen molar-refractivity contribution >= 4 is 0 Å². The van der Waals surface area contributed by atoms with Gasteiger partial charge in [0.15, 0.2) is 0 Å². The smallest absolute Gasteiger partial charge is 0.00905 e. The van der Waals surface area contributed by atoms with Gasteiger partial charge in [-0.2, -0.15) is 0 Å². The van der Waals surface area contributed by atoms with E-state index < -0.39 is 0 Å². The zero-order chi connectivity index (χ0) is 12.5. The Morgan fingerprint density at radius 1 is 1.18 bits per heavy atom. The van der Waals surface area contributed by atoms with Crippen molar-refractivity contribution in [1.82, 2.24) is 5.32 Å². The van der Waals surface area contributed by atoms with Gasteiger partial charge in [-0.05, 0) is 42.9 Å². The molecule has 94 valence electrons. The molecule has 2 rings (SSSR count). The van der Waals surface area contributed by atoms with E-state index in [0.717, 1.165) is 13.1 Å². The van der Waals surface area contributed by atoms with E-state index in [4.69, 9.17) is 0 Å². The Morgan fingerprint density at radius 3 is 2.35 bits per heavy atom. The molecule has 0 aliphatic heterocycles. The van der Waals surface area contributed by atoms with Gasteiger partial charge in [0.25, 0.3) is 0 Å². The van der Waals surface area contributed by atoms with Gasteiger partial charge in [-0.25, -0.2) is 0 Å². The molecule has 0 saturated heterocycles. The number of likely N-dealkylation sites (N-methyl/N-ethyl adjacent to an activating group) is 1. The number of hydrogen-bond acceptors (Lipinski definition) is 1. The van der Waals surface area contributed by atoms with Gasteiger partial charge in [0, 0.05) is 12.0 Å². The van der Waals surface area contributed by atoms with Crippen molar-refractivity contribution < 1.29 is 0 Å². The maximum absolute atomic E-state index is 3.55. The Kier molecular flexibility index (Phi) is 3.31. The zero-order valence-corrected chi connectivity index (χ0v) is 11.6. The van der Waals surface area contributed by atoms with Crippen molar-refractivity contribution in [1.29, 1.82) is 0 Å². The van der Waals surface area contributed by atoms with Crippen molar-refractivity contribution in [3.8, 4) is 0 Å². The second-order valence-corrected chi connectivity index (χ2v) is 6.39. The summed E-state index contributed by atoms with van der Waals surface area (Å²) in [5.74, 6) is 0. The molecule has 0 amide bonds. The van der Waals surface area contributed by atoms with Gasteiger partial charge < -0.3 is 5.32 Å². The normalized spacial score (nSPS) is 20.9. The van der Waals surface area contributed by atoms with Crippen molar-refractivity contribution in [2.75, 3.05) is 13.1 Å². The standard InChI is InChI=1S/C16H25N/c1-5-17-12-16(10-15(3,4)11-16)14-9-7-6-8-13(14)2/h6-9,17H,5,10-12H2,1-4H3. The molecule has 1 nitrogen and oxygen atoms in total. The Bertz CT molecular complexity index is 384. The third-order valence-corrected chi connectivity index (χ3v) is 4.06. The molecule has 0 radical (unpaired) electrons. The van der Waals surface area contributed by atoms with Gasteiger partial charge in [0.2, 0.25) is 0 Å². The summed E-state index contributed by atoms with van der Waals surface area (Å²) < 4.78 is 0. The molecule has 0 unspecified atom stereocenters. The third-order valence-electron chi connectivity index (χ3n) is 4.06. The van der Waals surface area contributed by atoms with Crippen LogP contribution < -0.4 is 5.32 Å². The summed E-state index contributed by atoms with van der Waals surface area (Å²) in [5.41, 5.74) is 3.89. The molecule has 0 atom stereocenters. The predicted molar refractivity (Wildman–Crippen MR) is 74.4 cm³/mol. The molecule has 1 aromatic carbocycles. The Labute approximate surface area is 106 Å². The highest BCUT2D eigenvalue weighted by atomic mass is 14.9. The highest BCUT2D eigenvalue weighted by Crippen LogP contribution is 2.55. The molecule has 0 heterocycles. The molecular weight excluding hydrogens is 206 g/mol. The monoisotopic (exact) mass is 231 g/mol. The molecule has 1 aliphatic carbocycles. The van der Waals surface area contributed by atoms with Crippen LogP contribution in [-0.2, 0) is 5.41 Å². The average molecular weight is 231 g/mol. The lowest BCUT2D eigenvalue weighted by Crippen LogP contribution is -2.52. The molecule has 0 spiro atoms. The highest BCUT2D eigenvalue weighted by molar-refractivity contribution is 5.37. The van der Waals surface area contributed by atoms with Gasteiger partial charge in [0.05, 0.1) is 0 Å². The van der Waals surface area contributed by atoms with Crippen LogP contribution in [0.5, 0.6) is 0 Å². The van der Waals surface area contributed by atoms with Crippen LogP contribution >= 0.6 is 0 Å². The van der Waals surface area contributed by atoms with E-state index in [1.807, 2.05) is 0 Å². The minimum atomic E-state index is 0.380. The maximum atomic E-state index is 3.55. The van der Waals surface area contributed by atoms with E-state index in [9.17, 15) is 0 Å². The summed E-state index contributed by atoms with van der Waals surface area (Å²) in [6.07, 6.45) is 2.61. The Balaban J connectivity index is 2.26. The molecule has 1 aliphatic rings. The maximum Gasteiger partial charge on any atom is 0.00905 e. The predicted octanol–water partition coefficient (Wildman–Crippen LogP) is 3.66. The number of benzene rings is 1. The van der Waals surface area contributed by atoms with E-state index >= 15 is 0 Å². The van der Waals surface area contributed by atoms with Gasteiger partial charge >= 0.3 is 0 Å². The lowest BCUT2D eigenvalue weighted by molar-refractivity contribution is 0.0563. The van der Waals surface area contributed by atoms with Gasteiger partial charge in [-0.15, -0.1) is 0 Å². The van der Waals surface area contributed by atoms with E-state index in [0.29, 0.717) is 10.8 Å². The second kappa shape index (κ2) is 4.45. The average Bonchev–Trinajstić information content (AvgIpc) is 2.23. The van der Waals surface area contributed by atoms with E-state index in [-0.39, 0.29) is 0 Å². The first-order chi connectivity index (χ1) is 7.99. The molecule has 1 fully saturated rings. The summed E-state index contributed by atoms with van der Waals surface area (Å²) in [4.78, 5) is 0. The van der Waals surface area contributed by atoms with Crippen molar-refractivity contribution in [2.45, 2.75) is 46.0 Å². The molecular formula is C16H25N. The first kappa shape index (κ1) is 12.6. The molecule has 0 bridgehead atoms. The first-order valence-corrected chi connectivity index (χ1v) is 6.76. The van der Waals surface area contributed by atoms with Crippen LogP contribution in [0.4, 0.5) is 0 Å².